The number of thiophene rings is 1. The zero-order valence-electron chi connectivity index (χ0n) is 13.4. The highest BCUT2D eigenvalue weighted by atomic mass is 32.1. The highest BCUT2D eigenvalue weighted by Crippen LogP contribution is 2.26. The first kappa shape index (κ1) is 17.0. The molecule has 2 amide bonds. The Bertz CT molecular complexity index is 529. The Morgan fingerprint density at radius 2 is 2.23 bits per heavy atom. The van der Waals surface area contributed by atoms with Crippen molar-refractivity contribution in [2.45, 2.75) is 32.7 Å². The molecule has 1 N–H and O–H groups in total. The number of nitrogens with one attached hydrogen (secondary N) is 1. The van der Waals surface area contributed by atoms with Crippen LogP contribution in [-0.2, 0) is 9.53 Å². The van der Waals surface area contributed by atoms with Crippen molar-refractivity contribution in [3.63, 3.8) is 0 Å². The molecule has 2 rings (SSSR count). The molecule has 0 radical (unpaired) electrons. The molecule has 122 valence electrons. The normalized spacial score (nSPS) is 21.7. The molecule has 2 heterocycles. The number of carbonyl (C=O) groups is 2. The van der Waals surface area contributed by atoms with Gasteiger partial charge < -0.3 is 15.0 Å². The molecule has 0 spiro atoms. The van der Waals surface area contributed by atoms with E-state index in [4.69, 9.17) is 4.74 Å². The lowest BCUT2D eigenvalue weighted by molar-refractivity contribution is -0.126. The lowest BCUT2D eigenvalue weighted by atomic mass is 9.92. The molecule has 0 saturated carbocycles. The number of rotatable bonds is 5. The van der Waals surface area contributed by atoms with Crippen molar-refractivity contribution in [3.8, 4) is 0 Å². The van der Waals surface area contributed by atoms with Gasteiger partial charge in [-0.15, -0.1) is 11.3 Å². The molecule has 5 nitrogen and oxygen atoms in total. The van der Waals surface area contributed by atoms with E-state index in [0.29, 0.717) is 19.7 Å². The van der Waals surface area contributed by atoms with Crippen LogP contribution in [0.15, 0.2) is 11.4 Å². The number of aryl methyl sites for hydroxylation is 1. The van der Waals surface area contributed by atoms with Gasteiger partial charge in [-0.1, -0.05) is 0 Å². The van der Waals surface area contributed by atoms with E-state index < -0.39 is 0 Å². The largest absolute Gasteiger partial charge is 0.383 e. The third-order valence-corrected chi connectivity index (χ3v) is 5.18. The molecule has 1 aromatic rings. The second kappa shape index (κ2) is 7.74. The van der Waals surface area contributed by atoms with Gasteiger partial charge in [-0.05, 0) is 43.7 Å². The monoisotopic (exact) mass is 324 g/mol. The standard InChI is InChI=1S/C16H24N2O3S/c1-11-6-9-22-14(11)16(20)18-10-13(5-4-12(18)2)15(19)17-7-8-21-3/h6,9,12-13H,4-5,7-8,10H2,1-3H3,(H,17,19)/t12-,13+/m0/s1. The topological polar surface area (TPSA) is 58.6 Å². The summed E-state index contributed by atoms with van der Waals surface area (Å²) in [6.45, 7) is 5.52. The maximum Gasteiger partial charge on any atom is 0.264 e. The average Bonchev–Trinajstić information content (AvgIpc) is 2.93. The summed E-state index contributed by atoms with van der Waals surface area (Å²) in [5.41, 5.74) is 1.01. The summed E-state index contributed by atoms with van der Waals surface area (Å²) in [5, 5.41) is 4.81. The summed E-state index contributed by atoms with van der Waals surface area (Å²) >= 11 is 1.47. The van der Waals surface area contributed by atoms with Crippen LogP contribution in [0, 0.1) is 12.8 Å². The molecule has 1 aliphatic heterocycles. The molecular formula is C16H24N2O3S. The molecule has 0 aromatic carbocycles. The van der Waals surface area contributed by atoms with Crippen molar-refractivity contribution >= 4 is 23.2 Å². The maximum absolute atomic E-state index is 12.7. The minimum Gasteiger partial charge on any atom is -0.383 e. The van der Waals surface area contributed by atoms with Crippen LogP contribution in [0.25, 0.3) is 0 Å². The number of nitrogens with zero attached hydrogens (tertiary/aromatic N) is 1. The van der Waals surface area contributed by atoms with E-state index in [1.165, 1.54) is 11.3 Å². The maximum atomic E-state index is 12.7. The smallest absolute Gasteiger partial charge is 0.264 e. The van der Waals surface area contributed by atoms with Crippen molar-refractivity contribution in [2.24, 2.45) is 5.92 Å². The Balaban J connectivity index is 2.00. The molecule has 2 atom stereocenters. The predicted octanol–water partition coefficient (Wildman–Crippen LogP) is 2.06. The summed E-state index contributed by atoms with van der Waals surface area (Å²) in [5.74, 6) is -0.0590. The second-order valence-electron chi connectivity index (χ2n) is 5.80. The van der Waals surface area contributed by atoms with Crippen molar-refractivity contribution in [1.82, 2.24) is 10.2 Å². The molecule has 0 bridgehead atoms. The second-order valence-corrected chi connectivity index (χ2v) is 6.71. The number of amides is 2. The number of hydrogen-bond donors (Lipinski definition) is 1. The molecule has 0 unspecified atom stereocenters. The van der Waals surface area contributed by atoms with Crippen LogP contribution in [0.3, 0.4) is 0 Å². The van der Waals surface area contributed by atoms with Gasteiger partial charge in [0, 0.05) is 26.2 Å². The van der Waals surface area contributed by atoms with Gasteiger partial charge in [0.25, 0.3) is 5.91 Å². The predicted molar refractivity (Wildman–Crippen MR) is 87.2 cm³/mol. The zero-order chi connectivity index (χ0) is 16.1. The molecular weight excluding hydrogens is 300 g/mol. The van der Waals surface area contributed by atoms with E-state index in [0.717, 1.165) is 23.3 Å². The van der Waals surface area contributed by atoms with Gasteiger partial charge >= 0.3 is 0 Å². The van der Waals surface area contributed by atoms with Gasteiger partial charge in [0.15, 0.2) is 0 Å². The minimum atomic E-state index is -0.128. The molecule has 6 heteroatoms. The number of hydrogen-bond acceptors (Lipinski definition) is 4. The molecule has 1 saturated heterocycles. The first-order valence-corrected chi connectivity index (χ1v) is 8.54. The third-order valence-electron chi connectivity index (χ3n) is 4.18. The van der Waals surface area contributed by atoms with Gasteiger partial charge in [-0.25, -0.2) is 0 Å². The lowest BCUT2D eigenvalue weighted by Crippen LogP contribution is -2.49. The fourth-order valence-corrected chi connectivity index (χ4v) is 3.63. The summed E-state index contributed by atoms with van der Waals surface area (Å²) in [6, 6.07) is 2.14. The zero-order valence-corrected chi connectivity index (χ0v) is 14.2. The molecule has 1 aliphatic rings. The number of carbonyl (C=O) groups excluding carboxylic acids is 2. The Morgan fingerprint density at radius 1 is 1.45 bits per heavy atom. The molecule has 1 fully saturated rings. The van der Waals surface area contributed by atoms with E-state index in [-0.39, 0.29) is 23.8 Å². The Kier molecular flexibility index (Phi) is 5.97. The van der Waals surface area contributed by atoms with Crippen LogP contribution in [0.5, 0.6) is 0 Å². The molecule has 1 aromatic heterocycles. The van der Waals surface area contributed by atoms with E-state index in [1.54, 1.807) is 7.11 Å². The first-order valence-electron chi connectivity index (χ1n) is 7.66. The van der Waals surface area contributed by atoms with E-state index in [1.807, 2.05) is 23.3 Å². The molecule has 22 heavy (non-hydrogen) atoms. The summed E-state index contributed by atoms with van der Waals surface area (Å²) in [6.07, 6.45) is 1.69. The quantitative estimate of drug-likeness (QED) is 0.844. The Hall–Kier alpha value is -1.40. The van der Waals surface area contributed by atoms with Gasteiger partial charge in [0.2, 0.25) is 5.91 Å². The van der Waals surface area contributed by atoms with Crippen LogP contribution in [0.1, 0.15) is 35.0 Å². The fraction of sp³-hybridized carbons (Fsp3) is 0.625. The Morgan fingerprint density at radius 3 is 2.86 bits per heavy atom. The van der Waals surface area contributed by atoms with Crippen LogP contribution in [-0.4, -0.2) is 49.6 Å². The van der Waals surface area contributed by atoms with Crippen LogP contribution < -0.4 is 5.32 Å². The van der Waals surface area contributed by atoms with Crippen LogP contribution in [0.2, 0.25) is 0 Å². The van der Waals surface area contributed by atoms with Crippen LogP contribution in [0.4, 0.5) is 0 Å². The third kappa shape index (κ3) is 3.87. The highest BCUT2D eigenvalue weighted by Gasteiger charge is 2.33. The summed E-state index contributed by atoms with van der Waals surface area (Å²) < 4.78 is 4.94. The van der Waals surface area contributed by atoms with Gasteiger partial charge in [0.05, 0.1) is 17.4 Å². The van der Waals surface area contributed by atoms with Gasteiger partial charge in [0.1, 0.15) is 0 Å². The summed E-state index contributed by atoms with van der Waals surface area (Å²) in [7, 11) is 1.61. The van der Waals surface area contributed by atoms with Gasteiger partial charge in [-0.2, -0.15) is 0 Å². The number of likely N-dealkylation sites (tertiary alicyclic amines) is 1. The minimum absolute atomic E-state index is 0.0182. The van der Waals surface area contributed by atoms with Crippen molar-refractivity contribution in [2.75, 3.05) is 26.8 Å². The van der Waals surface area contributed by atoms with Crippen molar-refractivity contribution in [1.29, 1.82) is 0 Å². The number of ether oxygens (including phenoxy) is 1. The lowest BCUT2D eigenvalue weighted by Gasteiger charge is -2.37. The van der Waals surface area contributed by atoms with E-state index in [2.05, 4.69) is 12.2 Å². The van der Waals surface area contributed by atoms with Crippen molar-refractivity contribution < 1.29 is 14.3 Å². The average molecular weight is 324 g/mol. The number of methoxy groups -OCH3 is 1. The van der Waals surface area contributed by atoms with Crippen LogP contribution >= 0.6 is 11.3 Å². The summed E-state index contributed by atoms with van der Waals surface area (Å²) in [4.78, 5) is 27.5. The SMILES string of the molecule is COCCNC(=O)[C@@H]1CC[C@H](C)N(C(=O)c2sccc2C)C1. The first-order chi connectivity index (χ1) is 10.5. The van der Waals surface area contributed by atoms with Crippen molar-refractivity contribution in [3.05, 3.63) is 21.9 Å². The Labute approximate surface area is 135 Å². The highest BCUT2D eigenvalue weighted by molar-refractivity contribution is 7.12. The number of piperidine rings is 1. The van der Waals surface area contributed by atoms with E-state index >= 15 is 0 Å². The van der Waals surface area contributed by atoms with Gasteiger partial charge in [-0.3, -0.25) is 9.59 Å². The van der Waals surface area contributed by atoms with E-state index in [9.17, 15) is 9.59 Å². The molecule has 0 aliphatic carbocycles. The fourth-order valence-electron chi connectivity index (χ4n) is 2.75.